The number of imidazole rings is 1. The van der Waals surface area contributed by atoms with Crippen LogP contribution in [0.2, 0.25) is 0 Å². The zero-order valence-electron chi connectivity index (χ0n) is 9.44. The number of aromatic amines is 1. The van der Waals surface area contributed by atoms with E-state index in [2.05, 4.69) is 25.9 Å². The number of aliphatic hydroxyl groups excluding tert-OH is 1. The average molecular weight is 296 g/mol. The van der Waals surface area contributed by atoms with Crippen LogP contribution in [0.4, 0.5) is 0 Å². The predicted molar refractivity (Wildman–Crippen MR) is 70.5 cm³/mol. The van der Waals surface area contributed by atoms with Crippen LogP contribution in [0.15, 0.2) is 28.9 Å². The Hall–Kier alpha value is -1.17. The second-order valence-electron chi connectivity index (χ2n) is 3.93. The molecule has 1 atom stereocenters. The van der Waals surface area contributed by atoms with E-state index in [1.165, 1.54) is 0 Å². The molecule has 4 nitrogen and oxygen atoms in total. The van der Waals surface area contributed by atoms with Crippen molar-refractivity contribution in [3.05, 3.63) is 40.3 Å². The minimum Gasteiger partial charge on any atom is -0.394 e. The van der Waals surface area contributed by atoms with Crippen LogP contribution in [0.1, 0.15) is 17.4 Å². The van der Waals surface area contributed by atoms with Crippen LogP contribution in [0.3, 0.4) is 0 Å². The summed E-state index contributed by atoms with van der Waals surface area (Å²) >= 11 is 3.44. The topological polar surface area (TPSA) is 74.9 Å². The van der Waals surface area contributed by atoms with Gasteiger partial charge in [-0.3, -0.25) is 0 Å². The van der Waals surface area contributed by atoms with Crippen LogP contribution in [-0.4, -0.2) is 21.7 Å². The van der Waals surface area contributed by atoms with Gasteiger partial charge in [0.15, 0.2) is 0 Å². The number of halogens is 1. The molecule has 0 spiro atoms. The number of benzene rings is 1. The molecule has 0 radical (unpaired) electrons. The van der Waals surface area contributed by atoms with Crippen molar-refractivity contribution in [2.75, 3.05) is 6.61 Å². The first-order valence-electron chi connectivity index (χ1n) is 5.29. The van der Waals surface area contributed by atoms with Gasteiger partial charge in [-0.25, -0.2) is 4.98 Å². The van der Waals surface area contributed by atoms with Crippen molar-refractivity contribution in [3.63, 3.8) is 0 Å². The molecule has 1 heterocycles. The Kier molecular flexibility index (Phi) is 3.61. The van der Waals surface area contributed by atoms with Gasteiger partial charge in [0.25, 0.3) is 0 Å². The monoisotopic (exact) mass is 295 g/mol. The Bertz CT molecular complexity index is 524. The molecule has 90 valence electrons. The lowest BCUT2D eigenvalue weighted by Crippen LogP contribution is -2.15. The fraction of sp³-hybridized carbons (Fsp3) is 0.250. The highest BCUT2D eigenvalue weighted by atomic mass is 79.9. The molecule has 2 aromatic rings. The number of hydrogen-bond donors (Lipinski definition) is 3. The molecule has 1 aromatic carbocycles. The summed E-state index contributed by atoms with van der Waals surface area (Å²) in [6, 6.07) is 5.59. The first kappa shape index (κ1) is 12.3. The van der Waals surface area contributed by atoms with Gasteiger partial charge in [0.1, 0.15) is 5.82 Å². The number of nitrogens with two attached hydrogens (primary N) is 1. The Morgan fingerprint density at radius 3 is 3.00 bits per heavy atom. The largest absolute Gasteiger partial charge is 0.394 e. The van der Waals surface area contributed by atoms with Crippen LogP contribution < -0.4 is 5.73 Å². The second kappa shape index (κ2) is 5.00. The van der Waals surface area contributed by atoms with E-state index < -0.39 is 6.04 Å². The van der Waals surface area contributed by atoms with Gasteiger partial charge in [-0.1, -0.05) is 22.0 Å². The van der Waals surface area contributed by atoms with Crippen LogP contribution in [-0.2, 0) is 0 Å². The third-order valence-corrected chi connectivity index (χ3v) is 3.13. The quantitative estimate of drug-likeness (QED) is 0.812. The summed E-state index contributed by atoms with van der Waals surface area (Å²) in [6.07, 6.45) is 1.74. The van der Waals surface area contributed by atoms with Crippen molar-refractivity contribution in [2.24, 2.45) is 5.73 Å². The molecule has 0 aliphatic rings. The highest BCUT2D eigenvalue weighted by Gasteiger charge is 2.11. The van der Waals surface area contributed by atoms with E-state index in [9.17, 15) is 0 Å². The molecule has 0 aliphatic heterocycles. The van der Waals surface area contributed by atoms with Gasteiger partial charge in [-0.2, -0.15) is 0 Å². The molecule has 5 heteroatoms. The van der Waals surface area contributed by atoms with E-state index in [-0.39, 0.29) is 6.61 Å². The van der Waals surface area contributed by atoms with Gasteiger partial charge in [-0.05, 0) is 24.6 Å². The van der Waals surface area contributed by atoms with Gasteiger partial charge in [0.05, 0.1) is 24.5 Å². The van der Waals surface area contributed by atoms with E-state index in [1.807, 2.05) is 25.1 Å². The lowest BCUT2D eigenvalue weighted by molar-refractivity contribution is 0.264. The van der Waals surface area contributed by atoms with E-state index in [4.69, 9.17) is 10.8 Å². The summed E-state index contributed by atoms with van der Waals surface area (Å²) in [5, 5.41) is 8.97. The van der Waals surface area contributed by atoms with Crippen LogP contribution >= 0.6 is 15.9 Å². The lowest BCUT2D eigenvalue weighted by Gasteiger charge is -2.05. The molecule has 0 saturated heterocycles. The molecule has 0 amide bonds. The predicted octanol–water partition coefficient (Wildman–Crippen LogP) is 2.14. The number of aryl methyl sites for hydroxylation is 1. The molecule has 0 fully saturated rings. The summed E-state index contributed by atoms with van der Waals surface area (Å²) in [5.41, 5.74) is 8.83. The van der Waals surface area contributed by atoms with Gasteiger partial charge in [-0.15, -0.1) is 0 Å². The number of nitrogens with one attached hydrogen (secondary N) is 1. The fourth-order valence-electron chi connectivity index (χ4n) is 1.63. The third kappa shape index (κ3) is 2.57. The molecule has 4 N–H and O–H groups in total. The minimum atomic E-state index is -0.462. The van der Waals surface area contributed by atoms with Crippen LogP contribution in [0.5, 0.6) is 0 Å². The third-order valence-electron chi connectivity index (χ3n) is 2.63. The SMILES string of the molecule is Cc1ccc(Br)cc1-c1cnc(C(N)CO)[nH]1. The Morgan fingerprint density at radius 1 is 1.53 bits per heavy atom. The summed E-state index contributed by atoms with van der Waals surface area (Å²) in [7, 11) is 0. The Morgan fingerprint density at radius 2 is 2.29 bits per heavy atom. The molecule has 1 aromatic heterocycles. The van der Waals surface area contributed by atoms with E-state index in [1.54, 1.807) is 6.20 Å². The number of rotatable bonds is 3. The van der Waals surface area contributed by atoms with Crippen molar-refractivity contribution in [3.8, 4) is 11.3 Å². The maximum Gasteiger partial charge on any atom is 0.125 e. The highest BCUT2D eigenvalue weighted by molar-refractivity contribution is 9.10. The number of aromatic nitrogens is 2. The van der Waals surface area contributed by atoms with Gasteiger partial charge in [0, 0.05) is 10.0 Å². The lowest BCUT2D eigenvalue weighted by atomic mass is 10.1. The zero-order chi connectivity index (χ0) is 12.4. The van der Waals surface area contributed by atoms with E-state index >= 15 is 0 Å². The normalized spacial score (nSPS) is 12.7. The summed E-state index contributed by atoms with van der Waals surface area (Å²) < 4.78 is 1.01. The number of nitrogens with zero attached hydrogens (tertiary/aromatic N) is 1. The zero-order valence-corrected chi connectivity index (χ0v) is 11.0. The molecule has 17 heavy (non-hydrogen) atoms. The maximum atomic E-state index is 8.97. The molecule has 0 saturated carbocycles. The molecule has 2 rings (SSSR count). The van der Waals surface area contributed by atoms with Gasteiger partial charge < -0.3 is 15.8 Å². The van der Waals surface area contributed by atoms with Crippen LogP contribution in [0.25, 0.3) is 11.3 Å². The van der Waals surface area contributed by atoms with Crippen LogP contribution in [0, 0.1) is 6.92 Å². The second-order valence-corrected chi connectivity index (χ2v) is 4.85. The fourth-order valence-corrected chi connectivity index (χ4v) is 1.99. The summed E-state index contributed by atoms with van der Waals surface area (Å²) in [4.78, 5) is 7.31. The molecule has 0 bridgehead atoms. The Labute approximate surface area is 108 Å². The standard InChI is InChI=1S/C12H14BrN3O/c1-7-2-3-8(13)4-9(7)11-5-15-12(16-11)10(14)6-17/h2-5,10,17H,6,14H2,1H3,(H,15,16). The molecular weight excluding hydrogens is 282 g/mol. The van der Waals surface area contributed by atoms with Crippen molar-refractivity contribution >= 4 is 15.9 Å². The number of H-pyrrole nitrogens is 1. The Balaban J connectivity index is 2.40. The minimum absolute atomic E-state index is 0.121. The first-order chi connectivity index (χ1) is 8.11. The first-order valence-corrected chi connectivity index (χ1v) is 6.09. The molecular formula is C12H14BrN3O. The van der Waals surface area contributed by atoms with Crippen molar-refractivity contribution < 1.29 is 5.11 Å². The summed E-state index contributed by atoms with van der Waals surface area (Å²) in [6.45, 7) is 1.92. The average Bonchev–Trinajstić information content (AvgIpc) is 2.80. The van der Waals surface area contributed by atoms with E-state index in [0.29, 0.717) is 5.82 Å². The maximum absolute atomic E-state index is 8.97. The summed E-state index contributed by atoms with van der Waals surface area (Å²) in [5.74, 6) is 0.599. The van der Waals surface area contributed by atoms with Gasteiger partial charge >= 0.3 is 0 Å². The van der Waals surface area contributed by atoms with Crippen molar-refractivity contribution in [1.82, 2.24) is 9.97 Å². The van der Waals surface area contributed by atoms with Crippen molar-refractivity contribution in [2.45, 2.75) is 13.0 Å². The number of aliphatic hydroxyl groups is 1. The highest BCUT2D eigenvalue weighted by Crippen LogP contribution is 2.25. The van der Waals surface area contributed by atoms with E-state index in [0.717, 1.165) is 21.3 Å². The van der Waals surface area contributed by atoms with Crippen molar-refractivity contribution in [1.29, 1.82) is 0 Å². The number of hydrogen-bond acceptors (Lipinski definition) is 3. The smallest absolute Gasteiger partial charge is 0.125 e. The molecule has 0 aliphatic carbocycles. The van der Waals surface area contributed by atoms with Gasteiger partial charge in [0.2, 0.25) is 0 Å². The molecule has 1 unspecified atom stereocenters.